The first kappa shape index (κ1) is 18.1. The highest BCUT2D eigenvalue weighted by Crippen LogP contribution is 2.25. The van der Waals surface area contributed by atoms with Gasteiger partial charge in [0.05, 0.1) is 5.25 Å². The maximum atomic E-state index is 13.6. The summed E-state index contributed by atoms with van der Waals surface area (Å²) in [4.78, 5) is 16.5. The second-order valence-corrected chi connectivity index (χ2v) is 6.99. The summed E-state index contributed by atoms with van der Waals surface area (Å²) in [6.07, 6.45) is 0. The summed E-state index contributed by atoms with van der Waals surface area (Å²) in [5, 5.41) is 8.90. The third-order valence-corrected chi connectivity index (χ3v) is 4.61. The summed E-state index contributed by atoms with van der Waals surface area (Å²) >= 11 is 1.09. The highest BCUT2D eigenvalue weighted by atomic mass is 32.2. The fourth-order valence-corrected chi connectivity index (χ4v) is 2.92. The van der Waals surface area contributed by atoms with Crippen molar-refractivity contribution in [3.05, 3.63) is 59.7 Å². The van der Waals surface area contributed by atoms with Gasteiger partial charge < -0.3 is 5.32 Å². The van der Waals surface area contributed by atoms with E-state index >= 15 is 0 Å². The Bertz CT molecular complexity index is 907. The van der Waals surface area contributed by atoms with Crippen LogP contribution in [0.15, 0.2) is 47.6 Å². The molecule has 3 aromatic rings. The standard InChI is InChI=1S/C18H16F2N4OS/c1-10-6-8-12(9-7-10)16-22-18(24-23-16)26-11(2)17(25)21-15-13(19)4-3-5-14(15)20/h3-9,11H,1-2H3,(H,21,25)(H,22,23,24)/t11-/m1/s1. The summed E-state index contributed by atoms with van der Waals surface area (Å²) in [6.45, 7) is 3.60. The molecule has 0 aliphatic rings. The van der Waals surface area contributed by atoms with Gasteiger partial charge in [-0.1, -0.05) is 47.7 Å². The van der Waals surface area contributed by atoms with Crippen molar-refractivity contribution in [3.63, 3.8) is 0 Å². The van der Waals surface area contributed by atoms with Crippen LogP contribution < -0.4 is 5.32 Å². The molecule has 26 heavy (non-hydrogen) atoms. The highest BCUT2D eigenvalue weighted by Gasteiger charge is 2.20. The van der Waals surface area contributed by atoms with Crippen molar-refractivity contribution in [1.29, 1.82) is 0 Å². The Balaban J connectivity index is 1.67. The Hall–Kier alpha value is -2.74. The van der Waals surface area contributed by atoms with Gasteiger partial charge in [0.1, 0.15) is 17.3 Å². The second kappa shape index (κ2) is 7.65. The first-order valence-corrected chi connectivity index (χ1v) is 8.73. The van der Waals surface area contributed by atoms with Crippen LogP contribution in [0, 0.1) is 18.6 Å². The molecule has 0 bridgehead atoms. The number of halogens is 2. The summed E-state index contributed by atoms with van der Waals surface area (Å²) in [7, 11) is 0. The number of benzene rings is 2. The smallest absolute Gasteiger partial charge is 0.237 e. The van der Waals surface area contributed by atoms with Crippen LogP contribution in [-0.4, -0.2) is 26.3 Å². The number of hydrogen-bond donors (Lipinski definition) is 2. The molecule has 2 aromatic carbocycles. The number of aromatic amines is 1. The minimum Gasteiger partial charge on any atom is -0.320 e. The van der Waals surface area contributed by atoms with E-state index in [2.05, 4.69) is 20.5 Å². The number of nitrogens with zero attached hydrogens (tertiary/aromatic N) is 2. The molecule has 134 valence electrons. The first-order valence-electron chi connectivity index (χ1n) is 7.85. The quantitative estimate of drug-likeness (QED) is 0.658. The predicted octanol–water partition coefficient (Wildman–Crippen LogP) is 4.18. The monoisotopic (exact) mass is 374 g/mol. The zero-order valence-electron chi connectivity index (χ0n) is 14.1. The van der Waals surface area contributed by atoms with Gasteiger partial charge in [0.25, 0.3) is 0 Å². The molecular formula is C18H16F2N4OS. The second-order valence-electron chi connectivity index (χ2n) is 5.68. The number of para-hydroxylation sites is 1. The SMILES string of the molecule is Cc1ccc(-c2nc(S[C@H](C)C(=O)Nc3c(F)cccc3F)n[nH]2)cc1. The van der Waals surface area contributed by atoms with Gasteiger partial charge in [-0.05, 0) is 26.0 Å². The van der Waals surface area contributed by atoms with Crippen LogP contribution in [0.3, 0.4) is 0 Å². The topological polar surface area (TPSA) is 70.7 Å². The van der Waals surface area contributed by atoms with Crippen LogP contribution in [0.5, 0.6) is 0 Å². The Morgan fingerprint density at radius 2 is 1.81 bits per heavy atom. The van der Waals surface area contributed by atoms with E-state index in [0.717, 1.165) is 35.0 Å². The summed E-state index contributed by atoms with van der Waals surface area (Å²) in [5.74, 6) is -1.61. The number of rotatable bonds is 5. The lowest BCUT2D eigenvalue weighted by Gasteiger charge is -2.11. The van der Waals surface area contributed by atoms with E-state index in [1.807, 2.05) is 31.2 Å². The fraction of sp³-hybridized carbons (Fsp3) is 0.167. The molecule has 8 heteroatoms. The molecule has 0 aliphatic heterocycles. The molecule has 0 radical (unpaired) electrons. The van der Waals surface area contributed by atoms with E-state index in [1.165, 1.54) is 6.07 Å². The molecule has 2 N–H and O–H groups in total. The number of H-pyrrole nitrogens is 1. The maximum absolute atomic E-state index is 13.6. The molecule has 3 rings (SSSR count). The molecule has 1 heterocycles. The van der Waals surface area contributed by atoms with Crippen molar-refractivity contribution >= 4 is 23.4 Å². The van der Waals surface area contributed by atoms with Gasteiger partial charge in [-0.3, -0.25) is 9.89 Å². The van der Waals surface area contributed by atoms with Gasteiger partial charge in [-0.15, -0.1) is 5.10 Å². The minimum atomic E-state index is -0.824. The zero-order chi connectivity index (χ0) is 18.7. The number of carbonyl (C=O) groups excluding carboxylic acids is 1. The van der Waals surface area contributed by atoms with E-state index < -0.39 is 28.5 Å². The lowest BCUT2D eigenvalue weighted by atomic mass is 10.1. The zero-order valence-corrected chi connectivity index (χ0v) is 14.9. The van der Waals surface area contributed by atoms with Crippen LogP contribution in [0.4, 0.5) is 14.5 Å². The van der Waals surface area contributed by atoms with Gasteiger partial charge in [-0.2, -0.15) is 0 Å². The van der Waals surface area contributed by atoms with Crippen LogP contribution in [0.2, 0.25) is 0 Å². The van der Waals surface area contributed by atoms with Gasteiger partial charge in [0, 0.05) is 5.56 Å². The predicted molar refractivity (Wildman–Crippen MR) is 96.9 cm³/mol. The fourth-order valence-electron chi connectivity index (χ4n) is 2.19. The van der Waals surface area contributed by atoms with E-state index in [4.69, 9.17) is 0 Å². The molecule has 5 nitrogen and oxygen atoms in total. The Kier molecular flexibility index (Phi) is 5.32. The Labute approximate surface area is 153 Å². The lowest BCUT2D eigenvalue weighted by molar-refractivity contribution is -0.115. The number of aryl methyl sites for hydroxylation is 1. The van der Waals surface area contributed by atoms with Crippen molar-refractivity contribution in [1.82, 2.24) is 15.2 Å². The number of amides is 1. The van der Waals surface area contributed by atoms with Crippen molar-refractivity contribution in [2.75, 3.05) is 5.32 Å². The average molecular weight is 374 g/mol. The molecule has 0 aliphatic carbocycles. The molecular weight excluding hydrogens is 358 g/mol. The van der Waals surface area contributed by atoms with Crippen LogP contribution in [-0.2, 0) is 4.79 Å². The molecule has 1 atom stereocenters. The summed E-state index contributed by atoms with van der Waals surface area (Å²) in [6, 6.07) is 11.2. The molecule has 1 amide bonds. The van der Waals surface area contributed by atoms with E-state index in [0.29, 0.717) is 11.0 Å². The summed E-state index contributed by atoms with van der Waals surface area (Å²) in [5.41, 5.74) is 1.55. The largest absolute Gasteiger partial charge is 0.320 e. The van der Waals surface area contributed by atoms with Crippen LogP contribution in [0.1, 0.15) is 12.5 Å². The minimum absolute atomic E-state index is 0.372. The molecule has 0 fully saturated rings. The number of carbonyl (C=O) groups is 1. The van der Waals surface area contributed by atoms with Gasteiger partial charge in [0.15, 0.2) is 5.82 Å². The molecule has 0 saturated carbocycles. The lowest BCUT2D eigenvalue weighted by Crippen LogP contribution is -2.23. The first-order chi connectivity index (χ1) is 12.4. The maximum Gasteiger partial charge on any atom is 0.237 e. The number of hydrogen-bond acceptors (Lipinski definition) is 4. The molecule has 1 aromatic heterocycles. The van der Waals surface area contributed by atoms with E-state index in [1.54, 1.807) is 6.92 Å². The Morgan fingerprint density at radius 3 is 2.46 bits per heavy atom. The van der Waals surface area contributed by atoms with Crippen molar-refractivity contribution in [2.24, 2.45) is 0 Å². The van der Waals surface area contributed by atoms with Crippen molar-refractivity contribution in [3.8, 4) is 11.4 Å². The van der Waals surface area contributed by atoms with Crippen LogP contribution in [0.25, 0.3) is 11.4 Å². The molecule has 0 unspecified atom stereocenters. The van der Waals surface area contributed by atoms with E-state index in [9.17, 15) is 13.6 Å². The number of anilines is 1. The van der Waals surface area contributed by atoms with Gasteiger partial charge in [0.2, 0.25) is 11.1 Å². The Morgan fingerprint density at radius 1 is 1.15 bits per heavy atom. The average Bonchev–Trinajstić information content (AvgIpc) is 3.07. The normalized spacial score (nSPS) is 12.0. The van der Waals surface area contributed by atoms with Gasteiger partial charge >= 0.3 is 0 Å². The third-order valence-electron chi connectivity index (χ3n) is 3.65. The third kappa shape index (κ3) is 4.08. The summed E-state index contributed by atoms with van der Waals surface area (Å²) < 4.78 is 27.3. The highest BCUT2D eigenvalue weighted by molar-refractivity contribution is 8.00. The molecule has 0 saturated heterocycles. The number of aromatic nitrogens is 3. The van der Waals surface area contributed by atoms with Crippen LogP contribution >= 0.6 is 11.8 Å². The van der Waals surface area contributed by atoms with Crippen molar-refractivity contribution < 1.29 is 13.6 Å². The van der Waals surface area contributed by atoms with E-state index in [-0.39, 0.29) is 0 Å². The molecule has 0 spiro atoms. The van der Waals surface area contributed by atoms with Crippen molar-refractivity contribution in [2.45, 2.75) is 24.3 Å². The number of nitrogens with one attached hydrogen (secondary N) is 2. The van der Waals surface area contributed by atoms with Gasteiger partial charge in [-0.25, -0.2) is 13.8 Å². The number of thioether (sulfide) groups is 1.